The Bertz CT molecular complexity index is 428. The van der Waals surface area contributed by atoms with E-state index >= 15 is 0 Å². The van der Waals surface area contributed by atoms with E-state index in [1.165, 1.54) is 0 Å². The van der Waals surface area contributed by atoms with Gasteiger partial charge in [0, 0.05) is 0 Å². The number of carbonyl (C=O) groups is 5. The van der Waals surface area contributed by atoms with Crippen LogP contribution in [-0.4, -0.2) is 66.6 Å². The van der Waals surface area contributed by atoms with Gasteiger partial charge in [-0.3, -0.25) is 24.0 Å². The van der Waals surface area contributed by atoms with E-state index in [0.717, 1.165) is 0 Å². The molecule has 0 heterocycles. The van der Waals surface area contributed by atoms with Crippen molar-refractivity contribution in [2.24, 2.45) is 0 Å². The molecular formula is C10H16N4O6S. The molecule has 0 rings (SSSR count). The average molecular weight is 320 g/mol. The Morgan fingerprint density at radius 2 is 1.00 bits per heavy atom. The molecular weight excluding hydrogens is 304 g/mol. The molecule has 5 N–H and O–H groups in total. The predicted molar refractivity (Wildman–Crippen MR) is 73.5 cm³/mol. The zero-order valence-corrected chi connectivity index (χ0v) is 11.9. The summed E-state index contributed by atoms with van der Waals surface area (Å²) in [4.78, 5) is 54.5. The van der Waals surface area contributed by atoms with Gasteiger partial charge in [-0.2, -0.15) is 12.6 Å². The first-order chi connectivity index (χ1) is 9.85. The van der Waals surface area contributed by atoms with Crippen molar-refractivity contribution in [1.29, 1.82) is 0 Å². The van der Waals surface area contributed by atoms with Crippen LogP contribution in [0.1, 0.15) is 0 Å². The van der Waals surface area contributed by atoms with Gasteiger partial charge in [0.25, 0.3) is 0 Å². The Morgan fingerprint density at radius 1 is 0.667 bits per heavy atom. The Morgan fingerprint density at radius 3 is 1.33 bits per heavy atom. The number of carbonyl (C=O) groups excluding carboxylic acids is 4. The summed E-state index contributed by atoms with van der Waals surface area (Å²) in [6, 6.07) is 0. The molecule has 0 fully saturated rings. The van der Waals surface area contributed by atoms with Crippen molar-refractivity contribution in [2.45, 2.75) is 0 Å². The molecule has 0 aliphatic heterocycles. The molecule has 10 nitrogen and oxygen atoms in total. The summed E-state index contributed by atoms with van der Waals surface area (Å²) >= 11 is 3.70. The second-order valence-electron chi connectivity index (χ2n) is 3.66. The van der Waals surface area contributed by atoms with Crippen LogP contribution in [-0.2, 0) is 24.0 Å². The maximum atomic E-state index is 11.3. The van der Waals surface area contributed by atoms with Gasteiger partial charge in [-0.25, -0.2) is 0 Å². The van der Waals surface area contributed by atoms with E-state index in [1.54, 1.807) is 0 Å². The first kappa shape index (κ1) is 18.7. The number of carboxylic acids is 1. The van der Waals surface area contributed by atoms with Crippen LogP contribution in [0, 0.1) is 0 Å². The Hall–Kier alpha value is -2.30. The van der Waals surface area contributed by atoms with E-state index in [4.69, 9.17) is 5.11 Å². The van der Waals surface area contributed by atoms with E-state index in [2.05, 4.69) is 28.6 Å². The van der Waals surface area contributed by atoms with Crippen molar-refractivity contribution in [2.75, 3.05) is 31.9 Å². The molecule has 0 saturated heterocycles. The molecule has 0 radical (unpaired) electrons. The summed E-state index contributed by atoms with van der Waals surface area (Å²) in [6.45, 7) is -1.61. The fraction of sp³-hybridized carbons (Fsp3) is 0.500. The van der Waals surface area contributed by atoms with Crippen LogP contribution in [0.25, 0.3) is 0 Å². The van der Waals surface area contributed by atoms with Gasteiger partial charge in [0.15, 0.2) is 0 Å². The summed E-state index contributed by atoms with van der Waals surface area (Å²) in [5.41, 5.74) is 0. The molecule has 21 heavy (non-hydrogen) atoms. The average Bonchev–Trinajstić information content (AvgIpc) is 2.45. The molecule has 0 aliphatic carbocycles. The number of hydrogen-bond donors (Lipinski definition) is 6. The molecule has 0 aromatic heterocycles. The van der Waals surface area contributed by atoms with Crippen molar-refractivity contribution < 1.29 is 29.1 Å². The van der Waals surface area contributed by atoms with E-state index < -0.39 is 42.7 Å². The third kappa shape index (κ3) is 11.2. The molecule has 118 valence electrons. The summed E-state index contributed by atoms with van der Waals surface area (Å²) in [5.74, 6) is -3.56. The molecule has 0 saturated carbocycles. The van der Waals surface area contributed by atoms with Gasteiger partial charge < -0.3 is 26.4 Å². The summed E-state index contributed by atoms with van der Waals surface area (Å²) in [7, 11) is 0. The van der Waals surface area contributed by atoms with Crippen LogP contribution >= 0.6 is 12.6 Å². The van der Waals surface area contributed by atoms with Crippen LogP contribution in [0.3, 0.4) is 0 Å². The van der Waals surface area contributed by atoms with E-state index in [0.29, 0.717) is 0 Å². The lowest BCUT2D eigenvalue weighted by atomic mass is 10.4. The highest BCUT2D eigenvalue weighted by atomic mass is 32.1. The second-order valence-corrected chi connectivity index (χ2v) is 3.97. The highest BCUT2D eigenvalue weighted by molar-refractivity contribution is 7.81. The second kappa shape index (κ2) is 10.5. The van der Waals surface area contributed by atoms with Crippen LogP contribution in [0.5, 0.6) is 0 Å². The van der Waals surface area contributed by atoms with Crippen molar-refractivity contribution in [3.8, 4) is 0 Å². The molecule has 0 spiro atoms. The summed E-state index contributed by atoms with van der Waals surface area (Å²) in [6.07, 6.45) is 0. The van der Waals surface area contributed by atoms with E-state index in [9.17, 15) is 24.0 Å². The van der Waals surface area contributed by atoms with Gasteiger partial charge in [-0.05, 0) is 0 Å². The number of amides is 4. The number of hydrogen-bond acceptors (Lipinski definition) is 6. The fourth-order valence-electron chi connectivity index (χ4n) is 0.954. The molecule has 0 aromatic carbocycles. The minimum absolute atomic E-state index is 0.0563. The van der Waals surface area contributed by atoms with Gasteiger partial charge in [0.2, 0.25) is 23.6 Å². The first-order valence-corrected chi connectivity index (χ1v) is 6.37. The smallest absolute Gasteiger partial charge is 0.322 e. The zero-order valence-electron chi connectivity index (χ0n) is 11.0. The lowest BCUT2D eigenvalue weighted by Gasteiger charge is -2.07. The monoisotopic (exact) mass is 320 g/mol. The van der Waals surface area contributed by atoms with Gasteiger partial charge in [-0.15, -0.1) is 0 Å². The largest absolute Gasteiger partial charge is 0.480 e. The SMILES string of the molecule is O=C(O)CNC(=O)CNC(=O)CNC(=O)CNC(=O)CS. The first-order valence-electron chi connectivity index (χ1n) is 5.74. The molecule has 0 unspecified atom stereocenters. The van der Waals surface area contributed by atoms with Crippen molar-refractivity contribution in [3.05, 3.63) is 0 Å². The third-order valence-corrected chi connectivity index (χ3v) is 2.21. The maximum absolute atomic E-state index is 11.3. The number of aliphatic carboxylic acids is 1. The number of nitrogens with one attached hydrogen (secondary N) is 4. The van der Waals surface area contributed by atoms with Crippen LogP contribution in [0.4, 0.5) is 0 Å². The van der Waals surface area contributed by atoms with Gasteiger partial charge in [0.05, 0.1) is 25.4 Å². The lowest BCUT2D eigenvalue weighted by molar-refractivity contribution is -0.137. The van der Waals surface area contributed by atoms with Crippen LogP contribution in [0.15, 0.2) is 0 Å². The molecule has 11 heteroatoms. The fourth-order valence-corrected chi connectivity index (χ4v) is 1.07. The molecule has 4 amide bonds. The lowest BCUT2D eigenvalue weighted by Crippen LogP contribution is -2.45. The molecule has 0 bridgehead atoms. The Balaban J connectivity index is 3.75. The summed E-state index contributed by atoms with van der Waals surface area (Å²) < 4.78 is 0. The minimum atomic E-state index is -1.20. The quantitative estimate of drug-likeness (QED) is 0.242. The maximum Gasteiger partial charge on any atom is 0.322 e. The Labute approximate surface area is 125 Å². The van der Waals surface area contributed by atoms with Gasteiger partial charge in [0.1, 0.15) is 6.54 Å². The zero-order chi connectivity index (χ0) is 16.3. The van der Waals surface area contributed by atoms with Gasteiger partial charge in [-0.1, -0.05) is 0 Å². The van der Waals surface area contributed by atoms with Gasteiger partial charge >= 0.3 is 5.97 Å². The topological polar surface area (TPSA) is 154 Å². The van der Waals surface area contributed by atoms with Crippen molar-refractivity contribution >= 4 is 42.2 Å². The highest BCUT2D eigenvalue weighted by Gasteiger charge is 2.09. The number of carboxylic acid groups (broad SMARTS) is 1. The van der Waals surface area contributed by atoms with E-state index in [1.807, 2.05) is 5.32 Å². The standard InChI is InChI=1S/C10H16N4O6S/c15-6(12-2-8(17)14-4-10(19)20)1-11-7(16)3-13-9(18)5-21/h21H,1-5H2,(H,11,16)(H,12,15)(H,13,18)(H,14,17)(H,19,20). The molecule has 0 atom stereocenters. The number of rotatable bonds is 9. The third-order valence-electron chi connectivity index (χ3n) is 1.92. The van der Waals surface area contributed by atoms with Crippen molar-refractivity contribution in [3.63, 3.8) is 0 Å². The Kier molecular flexibility index (Phi) is 9.33. The van der Waals surface area contributed by atoms with Crippen LogP contribution in [0.2, 0.25) is 0 Å². The van der Waals surface area contributed by atoms with E-state index in [-0.39, 0.29) is 18.8 Å². The number of thiol groups is 1. The van der Waals surface area contributed by atoms with Crippen molar-refractivity contribution in [1.82, 2.24) is 21.3 Å². The molecule has 0 aliphatic rings. The minimum Gasteiger partial charge on any atom is -0.480 e. The normalized spacial score (nSPS) is 9.38. The van der Waals surface area contributed by atoms with Crippen LogP contribution < -0.4 is 21.3 Å². The summed E-state index contributed by atoms with van der Waals surface area (Å²) in [5, 5.41) is 17.0. The molecule has 0 aromatic rings. The highest BCUT2D eigenvalue weighted by Crippen LogP contribution is 1.74. The predicted octanol–water partition coefficient (Wildman–Crippen LogP) is -3.53.